The second-order valence-corrected chi connectivity index (χ2v) is 31.7. The Bertz CT molecular complexity index is 4740. The molecule has 1 aliphatic heterocycles. The van der Waals surface area contributed by atoms with Crippen molar-refractivity contribution in [2.45, 2.75) is 101 Å². The molecule has 9 aromatic carbocycles. The van der Waals surface area contributed by atoms with Gasteiger partial charge >= 0.3 is 0 Å². The van der Waals surface area contributed by atoms with E-state index in [1.165, 1.54) is 155 Å². The molecule has 0 bridgehead atoms. The number of furan rings is 1. The van der Waals surface area contributed by atoms with E-state index in [4.69, 9.17) is 4.42 Å². The maximum Gasteiger partial charge on any atom is 0.136 e. The largest absolute Gasteiger partial charge is 0.456 e. The molecule has 0 spiro atoms. The van der Waals surface area contributed by atoms with Crippen molar-refractivity contribution in [3.05, 3.63) is 305 Å². The molecule has 3 saturated carbocycles. The molecule has 10 unspecified atom stereocenters. The zero-order valence-corrected chi connectivity index (χ0v) is 56.4. The van der Waals surface area contributed by atoms with Gasteiger partial charge in [0, 0.05) is 45.8 Å². The average molecular weight is 1270 g/mol. The lowest BCUT2D eigenvalue weighted by Gasteiger charge is -2.48. The van der Waals surface area contributed by atoms with E-state index in [2.05, 4.69) is 298 Å². The number of fused-ring (bicyclic) bond motifs is 13. The van der Waals surface area contributed by atoms with E-state index in [9.17, 15) is 0 Å². The van der Waals surface area contributed by atoms with Crippen molar-refractivity contribution in [1.29, 1.82) is 0 Å². The standard InChI is InChI=1S/C92H84N2OS/c1-91(2)81-19-11-8-16-70(81)72-43-38-66(52-83(72)91)57-26-22-55(23-27-57)64-41-46-76-79(50-64)80-51-65(56-24-28-58(29-25-56)67-39-44-73-71-17-9-12-20-82(71)92(3,4)84(73)53-67)42-47-77(80)88(76)63-36-32-60(33-37-63)69-48-49-78(90-89(69)93-96-94-90)87(61-14-6-5-7-15-61)62-34-30-59(31-35-62)68-40-45-75-74-18-10-13-21-85(74)95-86(75)54-68/h5-31,34,38-47,50-54,60,62-63,69,76-80,87-90,93-94H,32-33,35-37,48-49H2,1-4H3. The van der Waals surface area contributed by atoms with Crippen LogP contribution in [0, 0.1) is 59.2 Å². The molecule has 2 N–H and O–H groups in total. The van der Waals surface area contributed by atoms with Crippen LogP contribution in [0.1, 0.15) is 123 Å². The van der Waals surface area contributed by atoms with Crippen LogP contribution in [0.3, 0.4) is 0 Å². The van der Waals surface area contributed by atoms with Gasteiger partial charge < -0.3 is 4.42 Å². The molecule has 4 fully saturated rings. The van der Waals surface area contributed by atoms with Crippen molar-refractivity contribution in [2.75, 3.05) is 0 Å². The lowest BCUT2D eigenvalue weighted by Crippen LogP contribution is -2.53. The molecule has 96 heavy (non-hydrogen) atoms. The van der Waals surface area contributed by atoms with Crippen LogP contribution in [0.15, 0.2) is 265 Å². The number of allylic oxidation sites excluding steroid dienone is 12. The normalized spacial score (nSPS) is 28.0. The van der Waals surface area contributed by atoms with E-state index >= 15 is 0 Å². The number of para-hydroxylation sites is 1. The monoisotopic (exact) mass is 1260 g/mol. The summed E-state index contributed by atoms with van der Waals surface area (Å²) in [5.41, 5.74) is 27.6. The van der Waals surface area contributed by atoms with Gasteiger partial charge in [0.15, 0.2) is 0 Å². The molecule has 1 saturated heterocycles. The summed E-state index contributed by atoms with van der Waals surface area (Å²) in [5, 5.41) is 2.37. The summed E-state index contributed by atoms with van der Waals surface area (Å²) < 4.78 is 14.5. The van der Waals surface area contributed by atoms with Gasteiger partial charge in [-0.2, -0.15) is 0 Å². The molecule has 9 aliphatic rings. The van der Waals surface area contributed by atoms with Gasteiger partial charge in [-0.15, -0.1) is 0 Å². The van der Waals surface area contributed by atoms with E-state index < -0.39 is 0 Å². The molecule has 10 atom stereocenters. The number of nitrogens with one attached hydrogen (secondary N) is 2. The third kappa shape index (κ3) is 9.57. The second-order valence-electron chi connectivity index (χ2n) is 31.0. The van der Waals surface area contributed by atoms with Gasteiger partial charge in [-0.05, 0) is 246 Å². The molecule has 0 radical (unpaired) electrons. The summed E-state index contributed by atoms with van der Waals surface area (Å²) in [6.07, 6.45) is 32.3. The molecular formula is C92H84N2OS. The Morgan fingerprint density at radius 3 is 1.53 bits per heavy atom. The van der Waals surface area contributed by atoms with E-state index in [0.717, 1.165) is 23.5 Å². The molecule has 8 aliphatic carbocycles. The Hall–Kier alpha value is -8.51. The highest BCUT2D eigenvalue weighted by Crippen LogP contribution is 2.60. The first kappa shape index (κ1) is 58.8. The maximum atomic E-state index is 6.35. The van der Waals surface area contributed by atoms with Gasteiger partial charge in [0.05, 0.1) is 0 Å². The fourth-order valence-corrected chi connectivity index (χ4v) is 21.8. The molecule has 0 amide bonds. The third-order valence-electron chi connectivity index (χ3n) is 25.7. The van der Waals surface area contributed by atoms with E-state index in [-0.39, 0.29) is 10.8 Å². The highest BCUT2D eigenvalue weighted by Gasteiger charge is 2.54. The summed E-state index contributed by atoms with van der Waals surface area (Å²) >= 11 is 1.79. The van der Waals surface area contributed by atoms with Crippen molar-refractivity contribution in [1.82, 2.24) is 9.44 Å². The fourth-order valence-electron chi connectivity index (χ4n) is 20.9. The summed E-state index contributed by atoms with van der Waals surface area (Å²) in [6.45, 7) is 9.54. The fraction of sp³-hybridized carbons (Fsp3) is 0.283. The van der Waals surface area contributed by atoms with Crippen LogP contribution in [0.25, 0.3) is 83.2 Å². The zero-order valence-electron chi connectivity index (χ0n) is 55.6. The van der Waals surface area contributed by atoms with Crippen molar-refractivity contribution in [2.24, 2.45) is 59.2 Å². The van der Waals surface area contributed by atoms with Gasteiger partial charge in [0.2, 0.25) is 0 Å². The van der Waals surface area contributed by atoms with Crippen LogP contribution in [0.5, 0.6) is 0 Å². The Kier molecular flexibility index (Phi) is 14.1. The maximum absolute atomic E-state index is 6.35. The minimum Gasteiger partial charge on any atom is -0.456 e. The number of benzene rings is 9. The van der Waals surface area contributed by atoms with Gasteiger partial charge in [-0.3, -0.25) is 0 Å². The van der Waals surface area contributed by atoms with Crippen molar-refractivity contribution < 1.29 is 4.42 Å². The second kappa shape index (κ2) is 23.1. The lowest BCUT2D eigenvalue weighted by molar-refractivity contribution is 0.0735. The topological polar surface area (TPSA) is 37.2 Å². The summed E-state index contributed by atoms with van der Waals surface area (Å²) in [4.78, 5) is 0. The molecule has 4 heteroatoms. The van der Waals surface area contributed by atoms with Crippen molar-refractivity contribution in [3.8, 4) is 44.5 Å². The highest BCUT2D eigenvalue weighted by atomic mass is 32.2. The molecular weight excluding hydrogens is 1180 g/mol. The molecule has 3 nitrogen and oxygen atoms in total. The van der Waals surface area contributed by atoms with Crippen LogP contribution in [-0.2, 0) is 10.8 Å². The van der Waals surface area contributed by atoms with Gasteiger partial charge in [0.25, 0.3) is 0 Å². The first-order valence-corrected chi connectivity index (χ1v) is 36.9. The summed E-state index contributed by atoms with van der Waals surface area (Å²) in [5.74, 6) is 6.00. The first-order chi connectivity index (χ1) is 47.1. The first-order valence-electron chi connectivity index (χ1n) is 36.1. The lowest BCUT2D eigenvalue weighted by atomic mass is 9.59. The van der Waals surface area contributed by atoms with Gasteiger partial charge in [-0.1, -0.05) is 258 Å². The van der Waals surface area contributed by atoms with Crippen LogP contribution in [0.2, 0.25) is 0 Å². The molecule has 1 aromatic heterocycles. The van der Waals surface area contributed by atoms with E-state index in [1.54, 1.807) is 12.1 Å². The number of hydrogen-bond donors (Lipinski definition) is 2. The minimum atomic E-state index is -0.0265. The minimum absolute atomic E-state index is 0.0265. The Balaban J connectivity index is 0.577. The number of rotatable bonds is 10. The molecule has 2 heterocycles. The SMILES string of the molecule is CC1(C)c2ccccc2-c2ccc(-c3ccc(C4=CC5C6C=C(c7ccc(-c8ccc9c(c8)C(C)(C)c8ccccc8-9)cc7)C=CC6C(C6CCC(C7CCC(C(c8ccccc8)C8C=CC(c9ccc%10c(c9)oc9ccccc9%10)=CC8)C8NSNC78)CC6)C5C=C4)cc3)cc21. The molecule has 19 rings (SSSR count). The van der Waals surface area contributed by atoms with Crippen LogP contribution in [-0.4, -0.2) is 12.1 Å². The van der Waals surface area contributed by atoms with Crippen LogP contribution < -0.4 is 9.44 Å². The Morgan fingerprint density at radius 2 is 0.917 bits per heavy atom. The third-order valence-corrected chi connectivity index (χ3v) is 26.5. The molecule has 474 valence electrons. The average Bonchev–Trinajstić information content (AvgIpc) is 1.59. The zero-order chi connectivity index (χ0) is 64.0. The van der Waals surface area contributed by atoms with Crippen LogP contribution in [0.4, 0.5) is 0 Å². The van der Waals surface area contributed by atoms with Gasteiger partial charge in [-0.25, -0.2) is 9.44 Å². The highest BCUT2D eigenvalue weighted by molar-refractivity contribution is 7.95. The molecule has 10 aromatic rings. The Morgan fingerprint density at radius 1 is 0.406 bits per heavy atom. The predicted molar refractivity (Wildman–Crippen MR) is 402 cm³/mol. The van der Waals surface area contributed by atoms with Gasteiger partial charge in [0.1, 0.15) is 11.2 Å². The predicted octanol–water partition coefficient (Wildman–Crippen LogP) is 23.0. The van der Waals surface area contributed by atoms with Crippen molar-refractivity contribution >= 4 is 50.8 Å². The summed E-state index contributed by atoms with van der Waals surface area (Å²) in [7, 11) is 0. The van der Waals surface area contributed by atoms with E-state index in [0.29, 0.717) is 71.3 Å². The quantitative estimate of drug-likeness (QED) is 0.134. The van der Waals surface area contributed by atoms with E-state index in [1.807, 2.05) is 0 Å². The summed E-state index contributed by atoms with van der Waals surface area (Å²) in [6, 6.07) is 79.0. The smallest absolute Gasteiger partial charge is 0.136 e. The number of hydrogen-bond acceptors (Lipinski definition) is 4. The van der Waals surface area contributed by atoms with Crippen molar-refractivity contribution in [3.63, 3.8) is 0 Å². The van der Waals surface area contributed by atoms with Crippen LogP contribution >= 0.6 is 12.1 Å². The Labute approximate surface area is 571 Å².